The maximum atomic E-state index is 10.8. The molecule has 0 aliphatic heterocycles. The van der Waals surface area contributed by atoms with Gasteiger partial charge in [0, 0.05) is 16.5 Å². The third kappa shape index (κ3) is 5.31. The SMILES string of the molecule is C=CCOc1cc(Sc2ccccc2OC)cc(Cl)c1C=CC(=O)O. The van der Waals surface area contributed by atoms with Crippen molar-refractivity contribution in [2.24, 2.45) is 0 Å². The van der Waals surface area contributed by atoms with E-state index in [4.69, 9.17) is 26.2 Å². The highest BCUT2D eigenvalue weighted by molar-refractivity contribution is 7.99. The topological polar surface area (TPSA) is 55.8 Å². The summed E-state index contributed by atoms with van der Waals surface area (Å²) in [7, 11) is 1.62. The van der Waals surface area contributed by atoms with Crippen molar-refractivity contribution < 1.29 is 19.4 Å². The number of ether oxygens (including phenoxy) is 2. The minimum absolute atomic E-state index is 0.285. The van der Waals surface area contributed by atoms with Crippen molar-refractivity contribution in [3.05, 3.63) is 65.7 Å². The molecule has 0 saturated carbocycles. The predicted octanol–water partition coefficient (Wildman–Crippen LogP) is 5.16. The van der Waals surface area contributed by atoms with E-state index in [-0.39, 0.29) is 6.61 Å². The van der Waals surface area contributed by atoms with Crippen LogP contribution in [0.3, 0.4) is 0 Å². The first-order valence-corrected chi connectivity index (χ1v) is 8.53. The predicted molar refractivity (Wildman–Crippen MR) is 101 cm³/mol. The van der Waals surface area contributed by atoms with Crippen molar-refractivity contribution >= 4 is 35.4 Å². The molecule has 0 fully saturated rings. The summed E-state index contributed by atoms with van der Waals surface area (Å²) in [6, 6.07) is 11.2. The van der Waals surface area contributed by atoms with Crippen molar-refractivity contribution in [3.8, 4) is 11.5 Å². The van der Waals surface area contributed by atoms with Crippen molar-refractivity contribution in [1.29, 1.82) is 0 Å². The number of hydrogen-bond donors (Lipinski definition) is 1. The lowest BCUT2D eigenvalue weighted by Crippen LogP contribution is -1.97. The summed E-state index contributed by atoms with van der Waals surface area (Å²) in [4.78, 5) is 12.6. The molecular formula is C19H17ClO4S. The van der Waals surface area contributed by atoms with Gasteiger partial charge in [0.05, 0.1) is 17.0 Å². The molecular weight excluding hydrogens is 360 g/mol. The smallest absolute Gasteiger partial charge is 0.328 e. The number of benzene rings is 2. The van der Waals surface area contributed by atoms with E-state index in [0.717, 1.165) is 21.6 Å². The molecule has 0 radical (unpaired) electrons. The minimum Gasteiger partial charge on any atom is -0.496 e. The molecule has 2 aromatic rings. The monoisotopic (exact) mass is 376 g/mol. The fourth-order valence-corrected chi connectivity index (χ4v) is 3.38. The third-order valence-corrected chi connectivity index (χ3v) is 4.45. The normalized spacial score (nSPS) is 10.6. The Hall–Kier alpha value is -2.37. The molecule has 0 heterocycles. The Morgan fingerprint density at radius 3 is 2.76 bits per heavy atom. The van der Waals surface area contributed by atoms with Gasteiger partial charge in [-0.15, -0.1) is 0 Å². The first-order chi connectivity index (χ1) is 12.0. The van der Waals surface area contributed by atoms with Gasteiger partial charge in [-0.1, -0.05) is 48.2 Å². The van der Waals surface area contributed by atoms with Crippen LogP contribution in [0.15, 0.2) is 64.9 Å². The fourth-order valence-electron chi connectivity index (χ4n) is 2.04. The molecule has 1 N–H and O–H groups in total. The summed E-state index contributed by atoms with van der Waals surface area (Å²) in [6.07, 6.45) is 4.05. The van der Waals surface area contributed by atoms with E-state index >= 15 is 0 Å². The number of halogens is 1. The van der Waals surface area contributed by atoms with Crippen LogP contribution >= 0.6 is 23.4 Å². The van der Waals surface area contributed by atoms with Gasteiger partial charge in [0.2, 0.25) is 0 Å². The second kappa shape index (κ2) is 9.20. The third-order valence-electron chi connectivity index (χ3n) is 3.11. The van der Waals surface area contributed by atoms with E-state index < -0.39 is 5.97 Å². The lowest BCUT2D eigenvalue weighted by molar-refractivity contribution is -0.131. The van der Waals surface area contributed by atoms with Crippen molar-refractivity contribution in [2.45, 2.75) is 9.79 Å². The lowest BCUT2D eigenvalue weighted by Gasteiger charge is -2.13. The zero-order valence-electron chi connectivity index (χ0n) is 13.6. The van der Waals surface area contributed by atoms with Crippen LogP contribution in [-0.4, -0.2) is 24.8 Å². The van der Waals surface area contributed by atoms with E-state index in [2.05, 4.69) is 6.58 Å². The number of carboxylic acid groups (broad SMARTS) is 1. The van der Waals surface area contributed by atoms with E-state index in [1.807, 2.05) is 30.3 Å². The minimum atomic E-state index is -1.06. The molecule has 0 aromatic heterocycles. The summed E-state index contributed by atoms with van der Waals surface area (Å²) < 4.78 is 11.0. The number of rotatable bonds is 8. The second-order valence-corrected chi connectivity index (χ2v) is 6.36. The Bertz CT molecular complexity index is 802. The van der Waals surface area contributed by atoms with Crippen LogP contribution in [0.1, 0.15) is 5.56 Å². The number of para-hydroxylation sites is 1. The Labute approximate surface area is 155 Å². The highest BCUT2D eigenvalue weighted by Gasteiger charge is 2.12. The van der Waals surface area contributed by atoms with Crippen LogP contribution in [0.25, 0.3) is 6.08 Å². The van der Waals surface area contributed by atoms with Gasteiger partial charge in [-0.25, -0.2) is 4.79 Å². The average molecular weight is 377 g/mol. The summed E-state index contributed by atoms with van der Waals surface area (Å²) in [5, 5.41) is 9.23. The molecule has 4 nitrogen and oxygen atoms in total. The molecule has 130 valence electrons. The van der Waals surface area contributed by atoms with Gasteiger partial charge in [-0.3, -0.25) is 0 Å². The highest BCUT2D eigenvalue weighted by Crippen LogP contribution is 2.40. The first-order valence-electron chi connectivity index (χ1n) is 7.34. The van der Waals surface area contributed by atoms with Crippen molar-refractivity contribution in [3.63, 3.8) is 0 Å². The molecule has 0 amide bonds. The van der Waals surface area contributed by atoms with Gasteiger partial charge in [-0.05, 0) is 30.3 Å². The number of carboxylic acids is 1. The molecule has 0 unspecified atom stereocenters. The molecule has 0 aliphatic rings. The molecule has 0 spiro atoms. The molecule has 2 aromatic carbocycles. The number of methoxy groups -OCH3 is 1. The van der Waals surface area contributed by atoms with Gasteiger partial charge < -0.3 is 14.6 Å². The molecule has 6 heteroatoms. The summed E-state index contributed by atoms with van der Waals surface area (Å²) in [5.41, 5.74) is 0.510. The van der Waals surface area contributed by atoms with Crippen LogP contribution in [-0.2, 0) is 4.79 Å². The number of aliphatic carboxylic acids is 1. The van der Waals surface area contributed by atoms with Crippen LogP contribution in [0.4, 0.5) is 0 Å². The molecule has 25 heavy (non-hydrogen) atoms. The molecule has 0 atom stereocenters. The van der Waals surface area contributed by atoms with Gasteiger partial charge in [0.1, 0.15) is 18.1 Å². The molecule has 2 rings (SSSR count). The zero-order valence-corrected chi connectivity index (χ0v) is 15.1. The van der Waals surface area contributed by atoms with E-state index in [1.54, 1.807) is 19.3 Å². The Morgan fingerprint density at radius 2 is 2.08 bits per heavy atom. The van der Waals surface area contributed by atoms with Crippen LogP contribution < -0.4 is 9.47 Å². The van der Waals surface area contributed by atoms with Crippen LogP contribution in [0.2, 0.25) is 5.02 Å². The van der Waals surface area contributed by atoms with Gasteiger partial charge in [0.25, 0.3) is 0 Å². The maximum absolute atomic E-state index is 10.8. The lowest BCUT2D eigenvalue weighted by atomic mass is 10.2. The van der Waals surface area contributed by atoms with Gasteiger partial charge >= 0.3 is 5.97 Å². The van der Waals surface area contributed by atoms with E-state index in [9.17, 15) is 4.79 Å². The van der Waals surface area contributed by atoms with E-state index in [0.29, 0.717) is 16.3 Å². The van der Waals surface area contributed by atoms with Crippen molar-refractivity contribution in [1.82, 2.24) is 0 Å². The average Bonchev–Trinajstić information content (AvgIpc) is 2.59. The van der Waals surface area contributed by atoms with Crippen molar-refractivity contribution in [2.75, 3.05) is 13.7 Å². The van der Waals surface area contributed by atoms with Gasteiger partial charge in [0.15, 0.2) is 0 Å². The molecule has 0 bridgehead atoms. The highest BCUT2D eigenvalue weighted by atomic mass is 35.5. The largest absolute Gasteiger partial charge is 0.496 e. The van der Waals surface area contributed by atoms with Crippen LogP contribution in [0, 0.1) is 0 Å². The number of carbonyl (C=O) groups is 1. The quantitative estimate of drug-likeness (QED) is 0.509. The summed E-state index contributed by atoms with van der Waals surface area (Å²) in [5.74, 6) is 0.188. The fraction of sp³-hybridized carbons (Fsp3) is 0.105. The Morgan fingerprint density at radius 1 is 1.32 bits per heavy atom. The standard InChI is InChI=1S/C19H17ClO4S/c1-3-10-24-17-12-13(11-15(20)14(17)8-9-19(21)22)25-18-7-5-4-6-16(18)23-2/h3-9,11-12H,1,10H2,2H3,(H,21,22). The molecule has 0 aliphatic carbocycles. The zero-order chi connectivity index (χ0) is 18.2. The van der Waals surface area contributed by atoms with Gasteiger partial charge in [-0.2, -0.15) is 0 Å². The summed E-state index contributed by atoms with van der Waals surface area (Å²) >= 11 is 7.82. The summed E-state index contributed by atoms with van der Waals surface area (Å²) in [6.45, 7) is 3.91. The van der Waals surface area contributed by atoms with Crippen LogP contribution in [0.5, 0.6) is 11.5 Å². The first kappa shape index (κ1) is 19.0. The maximum Gasteiger partial charge on any atom is 0.328 e. The number of hydrogen-bond acceptors (Lipinski definition) is 4. The Kier molecular flexibility index (Phi) is 6.98. The Balaban J connectivity index is 2.41. The molecule has 0 saturated heterocycles. The van der Waals surface area contributed by atoms with E-state index in [1.165, 1.54) is 17.8 Å². The second-order valence-electron chi connectivity index (χ2n) is 4.84.